The molecule has 2 aliphatic carbocycles. The van der Waals surface area contributed by atoms with E-state index in [1.165, 1.54) is 27.8 Å². The Hall–Kier alpha value is -3.62. The molecule has 1 amide bonds. The van der Waals surface area contributed by atoms with E-state index in [1.807, 2.05) is 0 Å². The maximum absolute atomic E-state index is 13.3. The predicted octanol–water partition coefficient (Wildman–Crippen LogP) is 4.92. The summed E-state index contributed by atoms with van der Waals surface area (Å²) in [7, 11) is 0. The average molecular weight is 445 g/mol. The van der Waals surface area contributed by atoms with Crippen LogP contribution in [-0.4, -0.2) is 16.0 Å². The summed E-state index contributed by atoms with van der Waals surface area (Å²) in [4.78, 5) is 13.3. The molecule has 2 bridgehead atoms. The number of hydrogen-bond acceptors (Lipinski definition) is 3. The van der Waals surface area contributed by atoms with Crippen molar-refractivity contribution in [2.24, 2.45) is 11.7 Å². The number of fused-ring (bicyclic) bond motifs is 12. The summed E-state index contributed by atoms with van der Waals surface area (Å²) in [6.45, 7) is 0.549. The predicted molar refractivity (Wildman–Crippen MR) is 131 cm³/mol. The molecule has 4 atom stereocenters. The molecule has 3 heterocycles. The van der Waals surface area contributed by atoms with Gasteiger partial charge in [-0.3, -0.25) is 4.79 Å². The van der Waals surface area contributed by atoms with Crippen molar-refractivity contribution >= 4 is 27.7 Å². The number of carbonyl (C=O) groups excluding carboxylic acids is 1. The van der Waals surface area contributed by atoms with Gasteiger partial charge in [0.1, 0.15) is 5.54 Å². The zero-order chi connectivity index (χ0) is 22.8. The lowest BCUT2D eigenvalue weighted by atomic mass is 9.72. The molecule has 0 spiro atoms. The van der Waals surface area contributed by atoms with Gasteiger partial charge in [0.25, 0.3) is 5.91 Å². The molecular formula is C29H24N4O. The number of carbonyl (C=O) groups is 1. The third kappa shape index (κ3) is 2.03. The number of hydrogen-bond donors (Lipinski definition) is 2. The highest BCUT2D eigenvalue weighted by molar-refractivity contribution is 6.23. The van der Waals surface area contributed by atoms with Crippen LogP contribution < -0.4 is 11.1 Å². The Morgan fingerprint density at radius 2 is 1.94 bits per heavy atom. The highest BCUT2D eigenvalue weighted by Crippen LogP contribution is 2.59. The van der Waals surface area contributed by atoms with Gasteiger partial charge in [-0.05, 0) is 71.4 Å². The molecule has 34 heavy (non-hydrogen) atoms. The minimum absolute atomic E-state index is 0.0265. The Labute approximate surface area is 197 Å². The molecule has 1 fully saturated rings. The highest BCUT2D eigenvalue weighted by Gasteiger charge is 2.53. The maximum Gasteiger partial charge on any atom is 0.252 e. The molecule has 0 saturated heterocycles. The molecule has 4 aromatic rings. The molecule has 3 aromatic carbocycles. The smallest absolute Gasteiger partial charge is 0.252 e. The number of rotatable bonds is 0. The largest absolute Gasteiger partial charge is 0.348 e. The first kappa shape index (κ1) is 18.8. The van der Waals surface area contributed by atoms with Crippen LogP contribution in [0.3, 0.4) is 0 Å². The Morgan fingerprint density at radius 3 is 2.82 bits per heavy atom. The van der Waals surface area contributed by atoms with Crippen molar-refractivity contribution in [1.82, 2.24) is 9.88 Å². The fraction of sp³-hybridized carbons (Fsp3) is 0.310. The molecule has 4 aliphatic rings. The van der Waals surface area contributed by atoms with Gasteiger partial charge >= 0.3 is 0 Å². The second-order valence-corrected chi connectivity index (χ2v) is 10.6. The third-order valence-electron chi connectivity index (χ3n) is 9.14. The van der Waals surface area contributed by atoms with Crippen molar-refractivity contribution in [3.05, 3.63) is 70.8 Å². The fourth-order valence-corrected chi connectivity index (χ4v) is 7.89. The summed E-state index contributed by atoms with van der Waals surface area (Å²) in [5, 5.41) is 15.6. The summed E-state index contributed by atoms with van der Waals surface area (Å²) in [6, 6.07) is 19.8. The number of nitriles is 1. The number of amides is 1. The second-order valence-electron chi connectivity index (χ2n) is 10.6. The lowest BCUT2D eigenvalue weighted by Crippen LogP contribution is -2.45. The van der Waals surface area contributed by atoms with Crippen LogP contribution in [0, 0.1) is 17.2 Å². The first-order valence-electron chi connectivity index (χ1n) is 12.3. The number of benzene rings is 3. The quantitative estimate of drug-likeness (QED) is 0.404. The number of nitrogens with two attached hydrogens (primary N) is 1. The molecule has 5 nitrogen and oxygen atoms in total. The van der Waals surface area contributed by atoms with Crippen molar-refractivity contribution in [3.63, 3.8) is 0 Å². The van der Waals surface area contributed by atoms with Crippen molar-refractivity contribution in [2.45, 2.75) is 49.7 Å². The Bertz CT molecular complexity index is 1640. The lowest BCUT2D eigenvalue weighted by Gasteiger charge is -2.33. The van der Waals surface area contributed by atoms with Gasteiger partial charge in [0.15, 0.2) is 0 Å². The summed E-state index contributed by atoms with van der Waals surface area (Å²) in [5.74, 6) is 0.310. The molecule has 0 radical (unpaired) electrons. The first-order valence-corrected chi connectivity index (χ1v) is 12.3. The van der Waals surface area contributed by atoms with Gasteiger partial charge in [-0.2, -0.15) is 5.26 Å². The number of aryl methyl sites for hydroxylation is 1. The zero-order valence-electron chi connectivity index (χ0n) is 18.8. The summed E-state index contributed by atoms with van der Waals surface area (Å²) >= 11 is 0. The van der Waals surface area contributed by atoms with Crippen molar-refractivity contribution < 1.29 is 4.79 Å². The molecule has 4 unspecified atom stereocenters. The maximum atomic E-state index is 13.3. The molecule has 8 rings (SSSR count). The van der Waals surface area contributed by atoms with Crippen LogP contribution in [0.5, 0.6) is 0 Å². The van der Waals surface area contributed by atoms with E-state index in [0.29, 0.717) is 13.0 Å². The summed E-state index contributed by atoms with van der Waals surface area (Å²) in [6.07, 6.45) is 3.49. The minimum Gasteiger partial charge on any atom is -0.348 e. The standard InChI is InChI=1S/C29H24N4O/c30-14-29(31)12-16-11-21(29)18-10-9-15-5-1-2-6-17(15)23-20-13-32-28(34)26(20)25-19-7-3-4-8-22(19)33(16)27(25)24(18)23/h1-8,16,18,21H,9-13,31H2,(H,32,34). The van der Waals surface area contributed by atoms with E-state index < -0.39 is 5.54 Å². The summed E-state index contributed by atoms with van der Waals surface area (Å²) in [5.41, 5.74) is 15.5. The van der Waals surface area contributed by atoms with Crippen LogP contribution >= 0.6 is 0 Å². The normalized spacial score (nSPS) is 28.2. The van der Waals surface area contributed by atoms with Gasteiger partial charge in [-0.15, -0.1) is 0 Å². The second kappa shape index (κ2) is 6.08. The van der Waals surface area contributed by atoms with Gasteiger partial charge in [-0.1, -0.05) is 42.5 Å². The van der Waals surface area contributed by atoms with E-state index in [0.717, 1.165) is 46.7 Å². The molecule has 2 aliphatic heterocycles. The van der Waals surface area contributed by atoms with E-state index >= 15 is 0 Å². The van der Waals surface area contributed by atoms with Crippen LogP contribution in [0.15, 0.2) is 48.5 Å². The molecule has 3 N–H and O–H groups in total. The number of aromatic nitrogens is 1. The van der Waals surface area contributed by atoms with Crippen LogP contribution in [0.2, 0.25) is 0 Å². The Kier molecular flexibility index (Phi) is 3.36. The first-order chi connectivity index (χ1) is 16.6. The topological polar surface area (TPSA) is 83.8 Å². The van der Waals surface area contributed by atoms with Crippen LogP contribution in [0.25, 0.3) is 32.9 Å². The average Bonchev–Trinajstić information content (AvgIpc) is 3.43. The van der Waals surface area contributed by atoms with Gasteiger partial charge in [-0.25, -0.2) is 0 Å². The van der Waals surface area contributed by atoms with Crippen LogP contribution in [0.4, 0.5) is 0 Å². The number of nitrogens with zero attached hydrogens (tertiary/aromatic N) is 2. The van der Waals surface area contributed by atoms with Crippen molar-refractivity contribution in [1.29, 1.82) is 5.26 Å². The molecule has 1 aromatic heterocycles. The van der Waals surface area contributed by atoms with Crippen LogP contribution in [0.1, 0.15) is 58.3 Å². The van der Waals surface area contributed by atoms with E-state index in [9.17, 15) is 10.1 Å². The fourth-order valence-electron chi connectivity index (χ4n) is 7.89. The SMILES string of the molecule is N#CC1(N)CC2CC1C1CCc3ccccc3-c3c4c(c5c6ccccc6n2c5c31)C(=O)NC4. The lowest BCUT2D eigenvalue weighted by molar-refractivity contribution is 0.0967. The molecular weight excluding hydrogens is 420 g/mol. The summed E-state index contributed by atoms with van der Waals surface area (Å²) < 4.78 is 2.46. The number of nitrogens with one attached hydrogen (secondary N) is 1. The van der Waals surface area contributed by atoms with E-state index in [2.05, 4.69) is 64.5 Å². The van der Waals surface area contributed by atoms with E-state index in [1.54, 1.807) is 0 Å². The Morgan fingerprint density at radius 1 is 1.12 bits per heavy atom. The van der Waals surface area contributed by atoms with Gasteiger partial charge in [0.2, 0.25) is 0 Å². The van der Waals surface area contributed by atoms with Gasteiger partial charge in [0.05, 0.1) is 17.1 Å². The van der Waals surface area contributed by atoms with Crippen molar-refractivity contribution in [3.8, 4) is 17.2 Å². The monoisotopic (exact) mass is 444 g/mol. The molecule has 5 heteroatoms. The molecule has 1 saturated carbocycles. The van der Waals surface area contributed by atoms with Crippen LogP contribution in [-0.2, 0) is 13.0 Å². The van der Waals surface area contributed by atoms with Crippen molar-refractivity contribution in [2.75, 3.05) is 0 Å². The van der Waals surface area contributed by atoms with Gasteiger partial charge < -0.3 is 15.6 Å². The zero-order valence-corrected chi connectivity index (χ0v) is 18.8. The van der Waals surface area contributed by atoms with E-state index in [4.69, 9.17) is 5.73 Å². The van der Waals surface area contributed by atoms with Gasteiger partial charge in [0, 0.05) is 28.9 Å². The number of para-hydroxylation sites is 1. The Balaban J connectivity index is 1.65. The molecule has 166 valence electrons. The minimum atomic E-state index is -0.842. The van der Waals surface area contributed by atoms with E-state index in [-0.39, 0.29) is 23.8 Å². The highest BCUT2D eigenvalue weighted by atomic mass is 16.1. The third-order valence-corrected chi connectivity index (χ3v) is 9.14.